The van der Waals surface area contributed by atoms with E-state index in [1.807, 2.05) is 33.8 Å². The van der Waals surface area contributed by atoms with Gasteiger partial charge >= 0.3 is 0 Å². The van der Waals surface area contributed by atoms with Crippen molar-refractivity contribution < 1.29 is 4.92 Å². The minimum Gasteiger partial charge on any atom is -0.324 e. The van der Waals surface area contributed by atoms with Gasteiger partial charge in [0.1, 0.15) is 0 Å². The lowest BCUT2D eigenvalue weighted by molar-refractivity contribution is -0.385. The number of hydrogen-bond donors (Lipinski definition) is 1. The zero-order chi connectivity index (χ0) is 13.4. The van der Waals surface area contributed by atoms with E-state index >= 15 is 0 Å². The van der Waals surface area contributed by atoms with E-state index in [0.717, 1.165) is 11.1 Å². The van der Waals surface area contributed by atoms with Gasteiger partial charge in [0.25, 0.3) is 5.69 Å². The van der Waals surface area contributed by atoms with Gasteiger partial charge in [-0.1, -0.05) is 26.8 Å². The molecule has 94 valence electrons. The molecule has 0 heterocycles. The number of nitrogens with two attached hydrogens (primary N) is 1. The summed E-state index contributed by atoms with van der Waals surface area (Å²) in [6.45, 7) is 9.72. The molecule has 1 unspecified atom stereocenters. The number of nitro groups is 1. The summed E-state index contributed by atoms with van der Waals surface area (Å²) >= 11 is 0. The molecule has 0 fully saturated rings. The lowest BCUT2D eigenvalue weighted by Crippen LogP contribution is -2.26. The molecule has 17 heavy (non-hydrogen) atoms. The van der Waals surface area contributed by atoms with Crippen LogP contribution in [-0.4, -0.2) is 4.92 Å². The topological polar surface area (TPSA) is 69.2 Å². The molecule has 2 N–H and O–H groups in total. The van der Waals surface area contributed by atoms with Crippen molar-refractivity contribution in [1.29, 1.82) is 0 Å². The molecular formula is C13H20N2O2. The maximum atomic E-state index is 11.0. The molecule has 0 aliphatic carbocycles. The van der Waals surface area contributed by atoms with Gasteiger partial charge in [0, 0.05) is 17.7 Å². The minimum absolute atomic E-state index is 0.116. The number of nitro benzene ring substituents is 1. The van der Waals surface area contributed by atoms with E-state index in [1.165, 1.54) is 0 Å². The van der Waals surface area contributed by atoms with Crippen molar-refractivity contribution in [2.75, 3.05) is 0 Å². The van der Waals surface area contributed by atoms with E-state index in [9.17, 15) is 10.1 Å². The third-order valence-electron chi connectivity index (χ3n) is 3.15. The SMILES string of the molecule is Cc1cc(C(N)C(C)(C)C)cc([N+](=O)[O-])c1C. The molecule has 0 saturated carbocycles. The third kappa shape index (κ3) is 2.82. The summed E-state index contributed by atoms with van der Waals surface area (Å²) in [5.74, 6) is 0. The summed E-state index contributed by atoms with van der Waals surface area (Å²) in [5, 5.41) is 11.0. The van der Waals surface area contributed by atoms with Crippen LogP contribution < -0.4 is 5.73 Å². The average Bonchev–Trinajstić information content (AvgIpc) is 2.19. The molecule has 4 heteroatoms. The highest BCUT2D eigenvalue weighted by Crippen LogP contribution is 2.34. The molecule has 0 amide bonds. The zero-order valence-electron chi connectivity index (χ0n) is 11.1. The molecule has 1 aromatic carbocycles. The van der Waals surface area contributed by atoms with Crippen LogP contribution in [0.4, 0.5) is 5.69 Å². The summed E-state index contributed by atoms with van der Waals surface area (Å²) < 4.78 is 0. The Kier molecular flexibility index (Phi) is 3.57. The van der Waals surface area contributed by atoms with Gasteiger partial charge < -0.3 is 5.73 Å². The van der Waals surface area contributed by atoms with E-state index < -0.39 is 0 Å². The smallest absolute Gasteiger partial charge is 0.272 e. The van der Waals surface area contributed by atoms with Crippen LogP contribution in [0.3, 0.4) is 0 Å². The number of rotatable bonds is 2. The first-order chi connectivity index (χ1) is 7.64. The Morgan fingerprint density at radius 1 is 1.29 bits per heavy atom. The van der Waals surface area contributed by atoms with Crippen LogP contribution >= 0.6 is 0 Å². The first-order valence-corrected chi connectivity index (χ1v) is 5.65. The highest BCUT2D eigenvalue weighted by atomic mass is 16.6. The molecule has 0 aliphatic rings. The first kappa shape index (κ1) is 13.6. The van der Waals surface area contributed by atoms with E-state index in [1.54, 1.807) is 13.0 Å². The van der Waals surface area contributed by atoms with Crippen LogP contribution in [0.15, 0.2) is 12.1 Å². The summed E-state index contributed by atoms with van der Waals surface area (Å²) in [5.41, 5.74) is 8.62. The molecule has 0 aliphatic heterocycles. The summed E-state index contributed by atoms with van der Waals surface area (Å²) in [6, 6.07) is 3.33. The Balaban J connectivity index is 3.34. The van der Waals surface area contributed by atoms with E-state index in [4.69, 9.17) is 5.73 Å². The van der Waals surface area contributed by atoms with Crippen molar-refractivity contribution in [2.24, 2.45) is 11.1 Å². The van der Waals surface area contributed by atoms with Crippen LogP contribution in [0.25, 0.3) is 0 Å². The largest absolute Gasteiger partial charge is 0.324 e. The Morgan fingerprint density at radius 3 is 2.24 bits per heavy atom. The molecule has 4 nitrogen and oxygen atoms in total. The first-order valence-electron chi connectivity index (χ1n) is 5.65. The van der Waals surface area contributed by atoms with Crippen molar-refractivity contribution in [3.63, 3.8) is 0 Å². The summed E-state index contributed by atoms with van der Waals surface area (Å²) in [4.78, 5) is 10.6. The number of aryl methyl sites for hydroxylation is 1. The van der Waals surface area contributed by atoms with Gasteiger partial charge in [0.2, 0.25) is 0 Å². The maximum absolute atomic E-state index is 11.0. The Hall–Kier alpha value is -1.42. The van der Waals surface area contributed by atoms with Gasteiger partial charge in [0.15, 0.2) is 0 Å². The predicted octanol–water partition coefficient (Wildman–Crippen LogP) is 3.26. The van der Waals surface area contributed by atoms with Gasteiger partial charge in [-0.15, -0.1) is 0 Å². The van der Waals surface area contributed by atoms with Crippen molar-refractivity contribution in [2.45, 2.75) is 40.7 Å². The third-order valence-corrected chi connectivity index (χ3v) is 3.15. The van der Waals surface area contributed by atoms with E-state index in [-0.39, 0.29) is 22.1 Å². The van der Waals surface area contributed by atoms with Crippen LogP contribution in [-0.2, 0) is 0 Å². The second-order valence-electron chi connectivity index (χ2n) is 5.58. The Labute approximate surface area is 102 Å². The highest BCUT2D eigenvalue weighted by molar-refractivity contribution is 5.48. The quantitative estimate of drug-likeness (QED) is 0.633. The molecular weight excluding hydrogens is 216 g/mol. The molecule has 0 spiro atoms. The van der Waals surface area contributed by atoms with Gasteiger partial charge in [-0.2, -0.15) is 0 Å². The highest BCUT2D eigenvalue weighted by Gasteiger charge is 2.25. The number of benzene rings is 1. The van der Waals surface area contributed by atoms with Gasteiger partial charge in [-0.05, 0) is 30.4 Å². The fraction of sp³-hybridized carbons (Fsp3) is 0.538. The van der Waals surface area contributed by atoms with Crippen molar-refractivity contribution in [3.8, 4) is 0 Å². The van der Waals surface area contributed by atoms with E-state index in [0.29, 0.717) is 5.56 Å². The van der Waals surface area contributed by atoms with Crippen LogP contribution in [0.5, 0.6) is 0 Å². The predicted molar refractivity (Wildman–Crippen MR) is 69.0 cm³/mol. The van der Waals surface area contributed by atoms with Crippen LogP contribution in [0.2, 0.25) is 0 Å². The molecule has 0 saturated heterocycles. The second kappa shape index (κ2) is 4.45. The standard InChI is InChI=1S/C13H20N2O2/c1-8-6-10(12(14)13(3,4)5)7-11(9(8)2)15(16)17/h6-7,12H,14H2,1-5H3. The Morgan fingerprint density at radius 2 is 1.82 bits per heavy atom. The summed E-state index contributed by atoms with van der Waals surface area (Å²) in [6.07, 6.45) is 0. The van der Waals surface area contributed by atoms with Gasteiger partial charge in [-0.3, -0.25) is 10.1 Å². The van der Waals surface area contributed by atoms with Crippen molar-refractivity contribution in [3.05, 3.63) is 38.9 Å². The normalized spacial score (nSPS) is 13.5. The monoisotopic (exact) mass is 236 g/mol. The van der Waals surface area contributed by atoms with Gasteiger partial charge in [-0.25, -0.2) is 0 Å². The van der Waals surface area contributed by atoms with Crippen molar-refractivity contribution >= 4 is 5.69 Å². The lowest BCUT2D eigenvalue weighted by atomic mass is 9.82. The number of hydrogen-bond acceptors (Lipinski definition) is 3. The zero-order valence-corrected chi connectivity index (χ0v) is 11.1. The fourth-order valence-corrected chi connectivity index (χ4v) is 1.74. The molecule has 1 rings (SSSR count). The molecule has 0 aromatic heterocycles. The minimum atomic E-state index is -0.346. The van der Waals surface area contributed by atoms with Crippen molar-refractivity contribution in [1.82, 2.24) is 0 Å². The molecule has 0 bridgehead atoms. The van der Waals surface area contributed by atoms with Crippen LogP contribution in [0, 0.1) is 29.4 Å². The summed E-state index contributed by atoms with van der Waals surface area (Å²) in [7, 11) is 0. The lowest BCUT2D eigenvalue weighted by Gasteiger charge is -2.27. The van der Waals surface area contributed by atoms with E-state index in [2.05, 4.69) is 0 Å². The second-order valence-corrected chi connectivity index (χ2v) is 5.58. The van der Waals surface area contributed by atoms with Crippen LogP contribution in [0.1, 0.15) is 43.5 Å². The fourth-order valence-electron chi connectivity index (χ4n) is 1.74. The molecule has 0 radical (unpaired) electrons. The average molecular weight is 236 g/mol. The molecule has 1 atom stereocenters. The number of nitrogens with zero attached hydrogens (tertiary/aromatic N) is 1. The molecule has 1 aromatic rings. The Bertz CT molecular complexity index is 447. The van der Waals surface area contributed by atoms with Gasteiger partial charge in [0.05, 0.1) is 4.92 Å². The maximum Gasteiger partial charge on any atom is 0.272 e.